The summed E-state index contributed by atoms with van der Waals surface area (Å²) in [5.41, 5.74) is 4.04. The molecule has 0 aliphatic carbocycles. The maximum atomic E-state index is 4.14. The minimum absolute atomic E-state index is 0. The first kappa shape index (κ1) is 14.1. The van der Waals surface area contributed by atoms with Crippen LogP contribution < -0.4 is 0 Å². The molecular formula is C13H13IN2S. The first-order valence-electron chi connectivity index (χ1n) is 5.02. The zero-order chi connectivity index (χ0) is 11.2. The van der Waals surface area contributed by atoms with Gasteiger partial charge in [-0.3, -0.25) is 4.98 Å². The van der Waals surface area contributed by atoms with Crippen molar-refractivity contribution >= 4 is 45.5 Å². The van der Waals surface area contributed by atoms with E-state index in [4.69, 9.17) is 0 Å². The molecule has 0 radical (unpaired) electrons. The van der Waals surface area contributed by atoms with Gasteiger partial charge in [0.25, 0.3) is 0 Å². The molecule has 3 rings (SSSR count). The Balaban J connectivity index is 0.000000166. The molecule has 0 amide bonds. The Morgan fingerprint density at radius 2 is 1.71 bits per heavy atom. The molecule has 3 aromatic rings. The average molecular weight is 356 g/mol. The number of aryl methyl sites for hydroxylation is 1. The van der Waals surface area contributed by atoms with Gasteiger partial charge in [0.2, 0.25) is 0 Å². The monoisotopic (exact) mass is 356 g/mol. The van der Waals surface area contributed by atoms with E-state index in [0.29, 0.717) is 0 Å². The molecule has 17 heavy (non-hydrogen) atoms. The summed E-state index contributed by atoms with van der Waals surface area (Å²) in [5.74, 6) is 0. The number of thiazole rings is 1. The molecule has 88 valence electrons. The largest absolute Gasteiger partial charge is 0.262 e. The Hall–Kier alpha value is -1.01. The van der Waals surface area contributed by atoms with Gasteiger partial charge in [-0.1, -0.05) is 18.2 Å². The Labute approximate surface area is 122 Å². The molecule has 0 aliphatic rings. The van der Waals surface area contributed by atoms with Crippen LogP contribution in [0.1, 0.15) is 5.69 Å². The maximum absolute atomic E-state index is 4.14. The zero-order valence-corrected chi connectivity index (χ0v) is 12.6. The van der Waals surface area contributed by atoms with Crippen LogP contribution in [0, 0.1) is 6.92 Å². The summed E-state index contributed by atoms with van der Waals surface area (Å²) >= 11 is 1.68. The number of benzene rings is 1. The predicted octanol–water partition coefficient (Wildman–Crippen LogP) is 4.30. The van der Waals surface area contributed by atoms with Gasteiger partial charge in [-0.25, -0.2) is 4.98 Å². The minimum Gasteiger partial charge on any atom is -0.262 e. The van der Waals surface area contributed by atoms with Gasteiger partial charge in [0.15, 0.2) is 0 Å². The third kappa shape index (κ3) is 4.40. The van der Waals surface area contributed by atoms with Crippen LogP contribution in [0.25, 0.3) is 10.2 Å². The standard InChI is InChI=1S/C7H5NS.C6H7N.HI/c1-2-4-7-6(3-1)8-5-9-7;1-6-4-2-3-5-7-6;/h1-5H;2-5H,1H3;1H. The van der Waals surface area contributed by atoms with Crippen LogP contribution in [0.15, 0.2) is 54.2 Å². The zero-order valence-electron chi connectivity index (χ0n) is 9.41. The lowest BCUT2D eigenvalue weighted by Gasteiger charge is -1.82. The van der Waals surface area contributed by atoms with Crippen molar-refractivity contribution < 1.29 is 0 Å². The molecule has 0 saturated heterocycles. The minimum atomic E-state index is 0. The summed E-state index contributed by atoms with van der Waals surface area (Å²) in [5, 5.41) is 0. The first-order valence-corrected chi connectivity index (χ1v) is 5.90. The van der Waals surface area contributed by atoms with Crippen molar-refractivity contribution in [1.29, 1.82) is 0 Å². The average Bonchev–Trinajstić information content (AvgIpc) is 2.79. The fourth-order valence-electron chi connectivity index (χ4n) is 1.25. The summed E-state index contributed by atoms with van der Waals surface area (Å²) in [6, 6.07) is 14.0. The summed E-state index contributed by atoms with van der Waals surface area (Å²) < 4.78 is 1.26. The van der Waals surface area contributed by atoms with E-state index in [9.17, 15) is 0 Å². The summed E-state index contributed by atoms with van der Waals surface area (Å²) in [6.45, 7) is 1.97. The van der Waals surface area contributed by atoms with Crippen molar-refractivity contribution in [2.24, 2.45) is 0 Å². The molecule has 4 heteroatoms. The van der Waals surface area contributed by atoms with Gasteiger partial charge in [-0.05, 0) is 31.2 Å². The highest BCUT2D eigenvalue weighted by Gasteiger charge is 1.89. The third-order valence-electron chi connectivity index (χ3n) is 2.05. The lowest BCUT2D eigenvalue weighted by molar-refractivity contribution is 1.20. The van der Waals surface area contributed by atoms with Gasteiger partial charge in [0, 0.05) is 11.9 Å². The number of hydrogen-bond donors (Lipinski definition) is 0. The van der Waals surface area contributed by atoms with Crippen LogP contribution in [0.3, 0.4) is 0 Å². The third-order valence-corrected chi connectivity index (χ3v) is 2.86. The fraction of sp³-hybridized carbons (Fsp3) is 0.0769. The van der Waals surface area contributed by atoms with E-state index in [0.717, 1.165) is 11.2 Å². The Morgan fingerprint density at radius 1 is 0.941 bits per heavy atom. The first-order chi connectivity index (χ1) is 7.86. The van der Waals surface area contributed by atoms with Crippen molar-refractivity contribution in [1.82, 2.24) is 9.97 Å². The van der Waals surface area contributed by atoms with Crippen molar-refractivity contribution in [3.05, 3.63) is 59.9 Å². The number of hydrogen-bond acceptors (Lipinski definition) is 3. The van der Waals surface area contributed by atoms with Gasteiger partial charge in [0.1, 0.15) is 0 Å². The SMILES string of the molecule is Cc1ccccn1.I.c1ccc2scnc2c1. The highest BCUT2D eigenvalue weighted by Crippen LogP contribution is 2.15. The lowest BCUT2D eigenvalue weighted by Crippen LogP contribution is -1.72. The van der Waals surface area contributed by atoms with Gasteiger partial charge in [-0.2, -0.15) is 0 Å². The van der Waals surface area contributed by atoms with Crippen molar-refractivity contribution in [3.63, 3.8) is 0 Å². The van der Waals surface area contributed by atoms with Gasteiger partial charge in [0.05, 0.1) is 15.7 Å². The van der Waals surface area contributed by atoms with Crippen LogP contribution in [0.5, 0.6) is 0 Å². The fourth-order valence-corrected chi connectivity index (χ4v) is 1.93. The Morgan fingerprint density at radius 3 is 2.29 bits per heavy atom. The molecule has 0 spiro atoms. The second-order valence-electron chi connectivity index (χ2n) is 3.29. The summed E-state index contributed by atoms with van der Waals surface area (Å²) in [7, 11) is 0. The lowest BCUT2D eigenvalue weighted by atomic mass is 10.3. The van der Waals surface area contributed by atoms with E-state index >= 15 is 0 Å². The number of para-hydroxylation sites is 1. The van der Waals surface area contributed by atoms with E-state index in [1.807, 2.05) is 48.8 Å². The Bertz CT molecular complexity index is 521. The number of halogens is 1. The predicted molar refractivity (Wildman–Crippen MR) is 84.0 cm³/mol. The molecule has 0 saturated carbocycles. The van der Waals surface area contributed by atoms with Gasteiger partial charge < -0.3 is 0 Å². The number of nitrogens with zero attached hydrogens (tertiary/aromatic N) is 2. The smallest absolute Gasteiger partial charge is 0.0812 e. The quantitative estimate of drug-likeness (QED) is 0.561. The topological polar surface area (TPSA) is 25.8 Å². The maximum Gasteiger partial charge on any atom is 0.0812 e. The molecule has 1 aromatic carbocycles. The molecular weight excluding hydrogens is 343 g/mol. The van der Waals surface area contributed by atoms with Gasteiger partial charge >= 0.3 is 0 Å². The number of aromatic nitrogens is 2. The van der Waals surface area contributed by atoms with E-state index in [1.165, 1.54) is 4.70 Å². The molecule has 2 aromatic heterocycles. The van der Waals surface area contributed by atoms with E-state index in [-0.39, 0.29) is 24.0 Å². The van der Waals surface area contributed by atoms with E-state index < -0.39 is 0 Å². The molecule has 2 nitrogen and oxygen atoms in total. The summed E-state index contributed by atoms with van der Waals surface area (Å²) in [4.78, 5) is 8.12. The van der Waals surface area contributed by atoms with Crippen LogP contribution in [-0.2, 0) is 0 Å². The summed E-state index contributed by atoms with van der Waals surface area (Å²) in [6.07, 6.45) is 1.79. The number of fused-ring (bicyclic) bond motifs is 1. The van der Waals surface area contributed by atoms with Crippen LogP contribution in [0.2, 0.25) is 0 Å². The highest BCUT2D eigenvalue weighted by molar-refractivity contribution is 14.0. The molecule has 2 heterocycles. The normalized spacial score (nSPS) is 9.00. The number of pyridine rings is 1. The van der Waals surface area contributed by atoms with Gasteiger partial charge in [-0.15, -0.1) is 35.3 Å². The van der Waals surface area contributed by atoms with E-state index in [2.05, 4.69) is 16.0 Å². The van der Waals surface area contributed by atoms with Crippen molar-refractivity contribution in [2.75, 3.05) is 0 Å². The molecule has 0 atom stereocenters. The second-order valence-corrected chi connectivity index (χ2v) is 4.18. The van der Waals surface area contributed by atoms with Crippen LogP contribution >= 0.6 is 35.3 Å². The van der Waals surface area contributed by atoms with Crippen LogP contribution in [-0.4, -0.2) is 9.97 Å². The molecule has 0 aliphatic heterocycles. The molecule has 0 fully saturated rings. The second kappa shape index (κ2) is 7.34. The van der Waals surface area contributed by atoms with E-state index in [1.54, 1.807) is 17.5 Å². The van der Waals surface area contributed by atoms with Crippen molar-refractivity contribution in [3.8, 4) is 0 Å². The molecule has 0 bridgehead atoms. The molecule has 0 unspecified atom stereocenters. The van der Waals surface area contributed by atoms with Crippen molar-refractivity contribution in [2.45, 2.75) is 6.92 Å². The highest BCUT2D eigenvalue weighted by atomic mass is 127. The number of rotatable bonds is 0. The Kier molecular flexibility index (Phi) is 6.07. The molecule has 0 N–H and O–H groups in total. The van der Waals surface area contributed by atoms with Crippen LogP contribution in [0.4, 0.5) is 0 Å².